The molecule has 7 nitrogen and oxygen atoms in total. The van der Waals surface area contributed by atoms with Gasteiger partial charge in [-0.25, -0.2) is 9.78 Å². The summed E-state index contributed by atoms with van der Waals surface area (Å²) in [5.74, 6) is -0.521. The van der Waals surface area contributed by atoms with Crippen molar-refractivity contribution in [2.45, 2.75) is 27.0 Å². The number of aromatic nitrogens is 2. The third-order valence-electron chi connectivity index (χ3n) is 3.86. The molecule has 0 N–H and O–H groups in total. The van der Waals surface area contributed by atoms with Crippen molar-refractivity contribution >= 4 is 17.1 Å². The summed E-state index contributed by atoms with van der Waals surface area (Å²) in [4.78, 5) is 29.1. The first kappa shape index (κ1) is 18.6. The number of furan rings is 1. The summed E-state index contributed by atoms with van der Waals surface area (Å²) >= 11 is 0. The van der Waals surface area contributed by atoms with E-state index in [1.165, 1.54) is 23.9 Å². The molecule has 0 atom stereocenters. The van der Waals surface area contributed by atoms with E-state index in [0.717, 1.165) is 0 Å². The minimum absolute atomic E-state index is 0.00826. The molecule has 0 aliphatic carbocycles. The fourth-order valence-electron chi connectivity index (χ4n) is 2.73. The van der Waals surface area contributed by atoms with Gasteiger partial charge in [0.25, 0.3) is 5.56 Å². The summed E-state index contributed by atoms with van der Waals surface area (Å²) < 4.78 is 41.2. The first-order valence-electron chi connectivity index (χ1n) is 8.10. The largest absolute Gasteiger partial charge is 0.462 e. The van der Waals surface area contributed by atoms with Crippen molar-refractivity contribution in [1.29, 1.82) is 0 Å². The number of esters is 1. The zero-order chi connectivity index (χ0) is 19.6. The van der Waals surface area contributed by atoms with Crippen molar-refractivity contribution in [3.8, 4) is 5.75 Å². The van der Waals surface area contributed by atoms with E-state index < -0.39 is 18.1 Å². The molecule has 2 heterocycles. The second-order valence-corrected chi connectivity index (χ2v) is 5.60. The number of hydrogen-bond donors (Lipinski definition) is 0. The topological polar surface area (TPSA) is 83.6 Å². The number of fused-ring (bicyclic) bond motifs is 1. The lowest BCUT2D eigenvalue weighted by Crippen LogP contribution is -2.23. The Morgan fingerprint density at radius 2 is 2.07 bits per heavy atom. The van der Waals surface area contributed by atoms with Crippen LogP contribution in [0.3, 0.4) is 0 Å². The molecule has 27 heavy (non-hydrogen) atoms. The van der Waals surface area contributed by atoms with Crippen molar-refractivity contribution < 1.29 is 27.5 Å². The zero-order valence-electron chi connectivity index (χ0n) is 14.6. The Morgan fingerprint density at radius 1 is 1.33 bits per heavy atom. The number of carbonyl (C=O) groups is 1. The number of benzene rings is 1. The summed E-state index contributed by atoms with van der Waals surface area (Å²) in [6.45, 7) is 0.250. The molecule has 142 valence electrons. The van der Waals surface area contributed by atoms with E-state index in [0.29, 0.717) is 5.56 Å². The highest BCUT2D eigenvalue weighted by molar-refractivity contribution is 6.03. The molecule has 3 aromatic rings. The summed E-state index contributed by atoms with van der Waals surface area (Å²) in [6.07, 6.45) is 1.22. The van der Waals surface area contributed by atoms with E-state index in [4.69, 9.17) is 9.15 Å². The Morgan fingerprint density at radius 3 is 2.78 bits per heavy atom. The maximum Gasteiger partial charge on any atom is 0.387 e. The van der Waals surface area contributed by atoms with Crippen LogP contribution in [0.1, 0.15) is 28.6 Å². The Kier molecular flexibility index (Phi) is 5.20. The summed E-state index contributed by atoms with van der Waals surface area (Å²) in [6, 6.07) is 6.12. The van der Waals surface area contributed by atoms with Gasteiger partial charge >= 0.3 is 12.6 Å². The Balaban J connectivity index is 2.07. The summed E-state index contributed by atoms with van der Waals surface area (Å²) in [5.41, 5.74) is -0.171. The van der Waals surface area contributed by atoms with Crippen LogP contribution in [0, 0.1) is 6.92 Å². The van der Waals surface area contributed by atoms with Gasteiger partial charge in [0.1, 0.15) is 28.8 Å². The van der Waals surface area contributed by atoms with E-state index in [1.54, 1.807) is 25.1 Å². The molecule has 0 unspecified atom stereocenters. The van der Waals surface area contributed by atoms with Crippen molar-refractivity contribution in [2.75, 3.05) is 6.61 Å². The van der Waals surface area contributed by atoms with E-state index in [1.807, 2.05) is 0 Å². The van der Waals surface area contributed by atoms with Gasteiger partial charge in [0.15, 0.2) is 0 Å². The number of nitrogens with zero attached hydrogens (tertiary/aromatic N) is 2. The van der Waals surface area contributed by atoms with Crippen LogP contribution < -0.4 is 10.3 Å². The number of halogens is 2. The monoisotopic (exact) mass is 378 g/mol. The molecular weight excluding hydrogens is 362 g/mol. The van der Waals surface area contributed by atoms with E-state index in [-0.39, 0.29) is 41.3 Å². The molecule has 3 rings (SSSR count). The number of rotatable bonds is 6. The minimum Gasteiger partial charge on any atom is -0.462 e. The SMILES string of the molecule is CCOC(=O)c1c(C)oc2ncn(Cc3ccccc3OC(F)F)c(=O)c12. The molecule has 0 fully saturated rings. The lowest BCUT2D eigenvalue weighted by molar-refractivity contribution is -0.0505. The lowest BCUT2D eigenvalue weighted by Gasteiger charge is -2.11. The van der Waals surface area contributed by atoms with Gasteiger partial charge in [0.05, 0.1) is 13.2 Å². The molecule has 0 aliphatic heterocycles. The molecule has 0 radical (unpaired) electrons. The van der Waals surface area contributed by atoms with Crippen molar-refractivity contribution in [3.05, 3.63) is 57.8 Å². The van der Waals surface area contributed by atoms with Gasteiger partial charge in [0, 0.05) is 5.56 Å². The predicted octanol–water partition coefficient (Wildman–Crippen LogP) is 3.12. The van der Waals surface area contributed by atoms with Gasteiger partial charge in [-0.15, -0.1) is 0 Å². The van der Waals surface area contributed by atoms with Crippen LogP contribution >= 0.6 is 0 Å². The fraction of sp³-hybridized carbons (Fsp3) is 0.278. The highest BCUT2D eigenvalue weighted by Gasteiger charge is 2.24. The molecule has 2 aromatic heterocycles. The molecule has 1 aromatic carbocycles. The number of aryl methyl sites for hydroxylation is 1. The molecule has 0 saturated heterocycles. The molecule has 0 spiro atoms. The van der Waals surface area contributed by atoms with Gasteiger partial charge in [-0.2, -0.15) is 8.78 Å². The average molecular weight is 378 g/mol. The average Bonchev–Trinajstić information content (AvgIpc) is 2.95. The minimum atomic E-state index is -2.99. The quantitative estimate of drug-likeness (QED) is 0.613. The van der Waals surface area contributed by atoms with Crippen LogP contribution in [0.25, 0.3) is 11.1 Å². The first-order chi connectivity index (χ1) is 12.9. The highest BCUT2D eigenvalue weighted by atomic mass is 19.3. The maximum atomic E-state index is 12.9. The zero-order valence-corrected chi connectivity index (χ0v) is 14.6. The number of ether oxygens (including phenoxy) is 2. The Hall–Kier alpha value is -3.23. The highest BCUT2D eigenvalue weighted by Crippen LogP contribution is 2.23. The van der Waals surface area contributed by atoms with Gasteiger partial charge in [0.2, 0.25) is 5.71 Å². The third kappa shape index (κ3) is 3.67. The van der Waals surface area contributed by atoms with Crippen molar-refractivity contribution in [2.24, 2.45) is 0 Å². The predicted molar refractivity (Wildman–Crippen MR) is 91.1 cm³/mol. The fourth-order valence-corrected chi connectivity index (χ4v) is 2.73. The Labute approximate surface area is 152 Å². The number of para-hydroxylation sites is 1. The van der Waals surface area contributed by atoms with Crippen LogP contribution in [0.4, 0.5) is 8.78 Å². The second-order valence-electron chi connectivity index (χ2n) is 5.60. The maximum absolute atomic E-state index is 12.9. The number of alkyl halides is 2. The van der Waals surface area contributed by atoms with E-state index >= 15 is 0 Å². The van der Waals surface area contributed by atoms with E-state index in [9.17, 15) is 18.4 Å². The van der Waals surface area contributed by atoms with Crippen molar-refractivity contribution in [1.82, 2.24) is 9.55 Å². The van der Waals surface area contributed by atoms with Crippen LogP contribution in [0.15, 0.2) is 39.8 Å². The molecule has 0 amide bonds. The van der Waals surface area contributed by atoms with Crippen molar-refractivity contribution in [3.63, 3.8) is 0 Å². The van der Waals surface area contributed by atoms with Crippen LogP contribution in [0.2, 0.25) is 0 Å². The number of hydrogen-bond acceptors (Lipinski definition) is 6. The van der Waals surface area contributed by atoms with E-state index in [2.05, 4.69) is 9.72 Å². The molecular formula is C18H16F2N2O5. The van der Waals surface area contributed by atoms with Crippen LogP contribution in [-0.4, -0.2) is 28.7 Å². The van der Waals surface area contributed by atoms with Gasteiger partial charge in [-0.05, 0) is 19.9 Å². The smallest absolute Gasteiger partial charge is 0.387 e. The first-order valence-corrected chi connectivity index (χ1v) is 8.10. The summed E-state index contributed by atoms with van der Waals surface area (Å²) in [7, 11) is 0. The van der Waals surface area contributed by atoms with Crippen LogP contribution in [-0.2, 0) is 11.3 Å². The molecule has 0 bridgehead atoms. The number of carbonyl (C=O) groups excluding carboxylic acids is 1. The van der Waals surface area contributed by atoms with Gasteiger partial charge in [-0.1, -0.05) is 18.2 Å². The van der Waals surface area contributed by atoms with Crippen LogP contribution in [0.5, 0.6) is 5.75 Å². The lowest BCUT2D eigenvalue weighted by atomic mass is 10.2. The summed E-state index contributed by atoms with van der Waals surface area (Å²) in [5, 5.41) is -0.0132. The second kappa shape index (κ2) is 7.56. The standard InChI is InChI=1S/C18H16F2N2O5/c1-3-25-17(24)13-10(2)26-15-14(13)16(23)22(9-21-15)8-11-6-4-5-7-12(11)27-18(19)20/h4-7,9,18H,3,8H2,1-2H3. The van der Waals surface area contributed by atoms with Gasteiger partial charge in [-0.3, -0.25) is 9.36 Å². The third-order valence-corrected chi connectivity index (χ3v) is 3.86. The molecule has 0 aliphatic rings. The Bertz CT molecular complexity index is 1040. The normalized spacial score (nSPS) is 11.1. The molecule has 9 heteroatoms. The van der Waals surface area contributed by atoms with Gasteiger partial charge < -0.3 is 13.9 Å². The molecule has 0 saturated carbocycles.